The van der Waals surface area contributed by atoms with Gasteiger partial charge in [0.05, 0.1) is 24.2 Å². The zero-order chi connectivity index (χ0) is 19.3. The number of rotatable bonds is 4. The molecule has 0 aromatic heterocycles. The van der Waals surface area contributed by atoms with Crippen LogP contribution in [0.4, 0.5) is 0 Å². The molecule has 2 saturated heterocycles. The van der Waals surface area contributed by atoms with Gasteiger partial charge in [0.2, 0.25) is 0 Å². The Hall–Kier alpha value is -3.09. The summed E-state index contributed by atoms with van der Waals surface area (Å²) in [6.07, 6.45) is 1.52. The summed E-state index contributed by atoms with van der Waals surface area (Å²) < 4.78 is 9.50. The van der Waals surface area contributed by atoms with Gasteiger partial charge in [-0.05, 0) is 35.1 Å². The molecule has 27 heavy (non-hydrogen) atoms. The number of benzene rings is 1. The lowest BCUT2D eigenvalue weighted by Gasteiger charge is -2.33. The van der Waals surface area contributed by atoms with Gasteiger partial charge in [-0.25, -0.2) is 0 Å². The molecule has 138 valence electrons. The van der Waals surface area contributed by atoms with Crippen molar-refractivity contribution in [2.24, 2.45) is 11.8 Å². The number of fused-ring (bicyclic) bond motifs is 3. The van der Waals surface area contributed by atoms with Crippen molar-refractivity contribution in [1.82, 2.24) is 0 Å². The Bertz CT molecular complexity index is 913. The maximum Gasteiger partial charge on any atom is 0.321 e. The first-order chi connectivity index (χ1) is 12.9. The fourth-order valence-electron chi connectivity index (χ4n) is 4.31. The molecular weight excluding hydrogens is 352 g/mol. The first-order valence-corrected chi connectivity index (χ1v) is 8.67. The van der Waals surface area contributed by atoms with E-state index in [0.717, 1.165) is 0 Å². The topological polar surface area (TPSA) is 104 Å². The largest absolute Gasteiger partial charge is 0.393 e. The summed E-state index contributed by atoms with van der Waals surface area (Å²) in [5.74, 6) is -5.20. The highest BCUT2D eigenvalue weighted by Crippen LogP contribution is 2.51. The molecule has 1 aromatic rings. The maximum atomic E-state index is 12.2. The second-order valence-electron chi connectivity index (χ2n) is 7.08. The number of ketones is 1. The van der Waals surface area contributed by atoms with Crippen LogP contribution in [0.2, 0.25) is 0 Å². The summed E-state index contributed by atoms with van der Waals surface area (Å²) in [7, 11) is 0. The van der Waals surface area contributed by atoms with Gasteiger partial charge in [-0.2, -0.15) is 0 Å². The first-order valence-electron chi connectivity index (χ1n) is 8.67. The second-order valence-corrected chi connectivity index (χ2v) is 7.08. The van der Waals surface area contributed by atoms with Gasteiger partial charge in [0, 0.05) is 6.42 Å². The highest BCUT2D eigenvalue weighted by molar-refractivity contribution is 6.01. The number of carbonyl (C=O) groups excluding carboxylic acids is 5. The molecule has 2 fully saturated rings. The Morgan fingerprint density at radius 2 is 1.74 bits per heavy atom. The van der Waals surface area contributed by atoms with E-state index in [2.05, 4.69) is 11.3 Å². The first kappa shape index (κ1) is 17.3. The van der Waals surface area contributed by atoms with Gasteiger partial charge in [-0.15, -0.1) is 0 Å². The predicted octanol–water partition coefficient (Wildman–Crippen LogP) is 1.34. The summed E-state index contributed by atoms with van der Waals surface area (Å²) in [4.78, 5) is 59.7. The number of allylic oxidation sites excluding steroid dienone is 1. The van der Waals surface area contributed by atoms with E-state index < -0.39 is 47.5 Å². The van der Waals surface area contributed by atoms with Crippen LogP contribution < -0.4 is 0 Å². The highest BCUT2D eigenvalue weighted by atomic mass is 16.6. The number of ether oxygens (including phenoxy) is 2. The third-order valence-electron chi connectivity index (χ3n) is 5.55. The smallest absolute Gasteiger partial charge is 0.321 e. The van der Waals surface area contributed by atoms with E-state index in [0.29, 0.717) is 16.7 Å². The second kappa shape index (κ2) is 6.26. The fourth-order valence-corrected chi connectivity index (χ4v) is 4.31. The molecule has 0 amide bonds. The van der Waals surface area contributed by atoms with E-state index in [9.17, 15) is 24.0 Å². The number of cyclic esters (lactones) is 4. The molecule has 3 aliphatic rings. The summed E-state index contributed by atoms with van der Waals surface area (Å²) in [5.41, 5.74) is 1.97. The molecule has 4 unspecified atom stereocenters. The lowest BCUT2D eigenvalue weighted by atomic mass is 9.66. The molecule has 4 rings (SSSR count). The van der Waals surface area contributed by atoms with Gasteiger partial charge in [0.1, 0.15) is 0 Å². The number of esters is 4. The average molecular weight is 368 g/mol. The van der Waals surface area contributed by atoms with Crippen LogP contribution in [0.25, 0.3) is 0 Å². The Balaban J connectivity index is 1.79. The minimum Gasteiger partial charge on any atom is -0.393 e. The molecule has 1 aromatic carbocycles. The van der Waals surface area contributed by atoms with Gasteiger partial charge < -0.3 is 9.47 Å². The van der Waals surface area contributed by atoms with Crippen LogP contribution in [-0.4, -0.2) is 29.7 Å². The normalized spacial score (nSPS) is 29.0. The van der Waals surface area contributed by atoms with Crippen LogP contribution in [0.3, 0.4) is 0 Å². The minimum absolute atomic E-state index is 0.0555. The predicted molar refractivity (Wildman–Crippen MR) is 89.2 cm³/mol. The number of hydrogen-bond acceptors (Lipinski definition) is 7. The number of carbonyl (C=O) groups is 5. The van der Waals surface area contributed by atoms with Crippen molar-refractivity contribution in [2.45, 2.75) is 31.1 Å². The van der Waals surface area contributed by atoms with Crippen molar-refractivity contribution in [3.63, 3.8) is 0 Å². The fraction of sp³-hybridized carbons (Fsp3) is 0.350. The van der Waals surface area contributed by atoms with E-state index in [1.54, 1.807) is 18.2 Å². The lowest BCUT2D eigenvalue weighted by Crippen LogP contribution is -2.31. The van der Waals surface area contributed by atoms with Crippen LogP contribution in [0.5, 0.6) is 0 Å². The third-order valence-corrected chi connectivity index (χ3v) is 5.55. The van der Waals surface area contributed by atoms with Gasteiger partial charge in [0.15, 0.2) is 5.78 Å². The third kappa shape index (κ3) is 2.79. The van der Waals surface area contributed by atoms with E-state index in [-0.39, 0.29) is 25.0 Å². The molecule has 2 aliphatic heterocycles. The quantitative estimate of drug-likeness (QED) is 0.449. The van der Waals surface area contributed by atoms with Crippen molar-refractivity contribution >= 4 is 29.7 Å². The molecule has 7 heteroatoms. The van der Waals surface area contributed by atoms with Crippen molar-refractivity contribution in [3.8, 4) is 0 Å². The van der Waals surface area contributed by atoms with Gasteiger partial charge in [-0.3, -0.25) is 24.0 Å². The Morgan fingerprint density at radius 1 is 1.00 bits per heavy atom. The number of hydrogen-bond donors (Lipinski definition) is 0. The van der Waals surface area contributed by atoms with Gasteiger partial charge in [-0.1, -0.05) is 24.8 Å². The molecule has 0 saturated carbocycles. The van der Waals surface area contributed by atoms with Crippen molar-refractivity contribution in [1.29, 1.82) is 0 Å². The molecule has 1 aliphatic carbocycles. The molecule has 0 spiro atoms. The van der Waals surface area contributed by atoms with Crippen LogP contribution in [-0.2, 0) is 39.9 Å². The van der Waals surface area contributed by atoms with Crippen molar-refractivity contribution < 1.29 is 33.4 Å². The summed E-state index contributed by atoms with van der Waals surface area (Å²) >= 11 is 0. The van der Waals surface area contributed by atoms with Crippen molar-refractivity contribution in [3.05, 3.63) is 47.5 Å². The zero-order valence-corrected chi connectivity index (χ0v) is 14.3. The Kier molecular flexibility index (Phi) is 4.02. The van der Waals surface area contributed by atoms with Crippen LogP contribution in [0.15, 0.2) is 30.9 Å². The van der Waals surface area contributed by atoms with Gasteiger partial charge in [0.25, 0.3) is 0 Å². The summed E-state index contributed by atoms with van der Waals surface area (Å²) in [6, 6.07) is 5.22. The van der Waals surface area contributed by atoms with Crippen LogP contribution in [0, 0.1) is 11.8 Å². The van der Waals surface area contributed by atoms with Crippen LogP contribution >= 0.6 is 0 Å². The SMILES string of the molecule is C=CC(=O)Cc1ccc2c(c1)C1C(=O)OC(=O)C1CC2C1CC(=O)OC1=O. The molecule has 0 radical (unpaired) electrons. The molecule has 2 heterocycles. The Morgan fingerprint density at radius 3 is 2.41 bits per heavy atom. The van der Waals surface area contributed by atoms with E-state index in [4.69, 9.17) is 4.74 Å². The maximum absolute atomic E-state index is 12.2. The van der Waals surface area contributed by atoms with Gasteiger partial charge >= 0.3 is 23.9 Å². The summed E-state index contributed by atoms with van der Waals surface area (Å²) in [6.45, 7) is 3.45. The van der Waals surface area contributed by atoms with E-state index >= 15 is 0 Å². The molecule has 4 atom stereocenters. The molecule has 7 nitrogen and oxygen atoms in total. The average Bonchev–Trinajstić information content (AvgIpc) is 3.11. The summed E-state index contributed by atoms with van der Waals surface area (Å²) in [5, 5.41) is 0. The Labute approximate surface area is 154 Å². The monoisotopic (exact) mass is 368 g/mol. The molecule has 0 bridgehead atoms. The minimum atomic E-state index is -0.754. The lowest BCUT2D eigenvalue weighted by molar-refractivity contribution is -0.155. The zero-order valence-electron chi connectivity index (χ0n) is 14.3. The van der Waals surface area contributed by atoms with Crippen LogP contribution in [0.1, 0.15) is 41.4 Å². The van der Waals surface area contributed by atoms with Crippen molar-refractivity contribution in [2.75, 3.05) is 0 Å². The highest BCUT2D eigenvalue weighted by Gasteiger charge is 2.53. The molecule has 0 N–H and O–H groups in total. The van der Waals surface area contributed by atoms with E-state index in [1.807, 2.05) is 0 Å². The van der Waals surface area contributed by atoms with E-state index in [1.165, 1.54) is 6.08 Å². The standard InChI is InChI=1S/C20H16O7/c1-2-10(21)5-9-3-4-11-12(14-8-16(22)26-18(14)23)7-15-17(13(11)6-9)20(25)27-19(15)24/h2-4,6,12,14-15,17H,1,5,7-8H2. The molecular formula is C20H16O7.